The number of hydrogen-bond acceptors (Lipinski definition) is 3. The lowest BCUT2D eigenvalue weighted by Gasteiger charge is -2.13. The number of fused-ring (bicyclic) bond motifs is 1. The van der Waals surface area contributed by atoms with Crippen LogP contribution in [0.15, 0.2) is 47.3 Å². The van der Waals surface area contributed by atoms with E-state index in [4.69, 9.17) is 28.9 Å². The highest BCUT2D eigenvalue weighted by molar-refractivity contribution is 6.31. The second-order valence-electron chi connectivity index (χ2n) is 5.21. The van der Waals surface area contributed by atoms with Gasteiger partial charge in [0.15, 0.2) is 0 Å². The SMILES string of the molecule is NCCCn1c(-c2cccc(Cl)c2)nc2cc(Cl)ccc2c1=O. The molecular weight excluding hydrogens is 333 g/mol. The monoisotopic (exact) mass is 347 g/mol. The summed E-state index contributed by atoms with van der Waals surface area (Å²) >= 11 is 12.1. The second-order valence-corrected chi connectivity index (χ2v) is 6.08. The lowest BCUT2D eigenvalue weighted by molar-refractivity contribution is 0.632. The van der Waals surface area contributed by atoms with E-state index >= 15 is 0 Å². The first-order valence-electron chi connectivity index (χ1n) is 7.26. The summed E-state index contributed by atoms with van der Waals surface area (Å²) in [5, 5.41) is 1.67. The Balaban J connectivity index is 2.30. The minimum Gasteiger partial charge on any atom is -0.330 e. The Morgan fingerprint density at radius 3 is 2.61 bits per heavy atom. The van der Waals surface area contributed by atoms with Crippen LogP contribution in [0.1, 0.15) is 6.42 Å². The van der Waals surface area contributed by atoms with Crippen LogP contribution in [-0.2, 0) is 6.54 Å². The minimum atomic E-state index is -0.102. The molecule has 1 heterocycles. The molecule has 1 aromatic heterocycles. The Kier molecular flexibility index (Phi) is 4.66. The van der Waals surface area contributed by atoms with Crippen LogP contribution in [0.25, 0.3) is 22.3 Å². The van der Waals surface area contributed by atoms with E-state index in [1.165, 1.54) is 0 Å². The van der Waals surface area contributed by atoms with E-state index in [0.717, 1.165) is 5.56 Å². The first-order chi connectivity index (χ1) is 11.1. The van der Waals surface area contributed by atoms with Crippen LogP contribution in [0, 0.1) is 0 Å². The summed E-state index contributed by atoms with van der Waals surface area (Å²) in [4.78, 5) is 17.5. The topological polar surface area (TPSA) is 60.9 Å². The van der Waals surface area contributed by atoms with Gasteiger partial charge in [0.1, 0.15) is 5.82 Å². The third kappa shape index (κ3) is 3.24. The van der Waals surface area contributed by atoms with E-state index in [2.05, 4.69) is 4.98 Å². The summed E-state index contributed by atoms with van der Waals surface area (Å²) in [6.07, 6.45) is 0.689. The number of benzene rings is 2. The highest BCUT2D eigenvalue weighted by Crippen LogP contribution is 2.23. The molecule has 0 radical (unpaired) electrons. The smallest absolute Gasteiger partial charge is 0.261 e. The van der Waals surface area contributed by atoms with Gasteiger partial charge < -0.3 is 5.73 Å². The van der Waals surface area contributed by atoms with Gasteiger partial charge in [0.05, 0.1) is 10.9 Å². The summed E-state index contributed by atoms with van der Waals surface area (Å²) in [5.41, 5.74) is 6.85. The molecule has 0 fully saturated rings. The fraction of sp³-hybridized carbons (Fsp3) is 0.176. The molecule has 0 amide bonds. The lowest BCUT2D eigenvalue weighted by atomic mass is 10.1. The van der Waals surface area contributed by atoms with Crippen LogP contribution in [-0.4, -0.2) is 16.1 Å². The quantitative estimate of drug-likeness (QED) is 0.782. The van der Waals surface area contributed by atoms with Crippen molar-refractivity contribution in [3.8, 4) is 11.4 Å². The second kappa shape index (κ2) is 6.71. The first-order valence-corrected chi connectivity index (χ1v) is 8.02. The van der Waals surface area contributed by atoms with Gasteiger partial charge in [-0.3, -0.25) is 9.36 Å². The van der Waals surface area contributed by atoms with Crippen LogP contribution in [0.3, 0.4) is 0 Å². The van der Waals surface area contributed by atoms with E-state index in [9.17, 15) is 4.79 Å². The van der Waals surface area contributed by atoms with Gasteiger partial charge in [0.25, 0.3) is 5.56 Å². The predicted molar refractivity (Wildman–Crippen MR) is 95.1 cm³/mol. The zero-order chi connectivity index (χ0) is 16.4. The molecule has 0 bridgehead atoms. The number of nitrogens with two attached hydrogens (primary N) is 1. The molecule has 0 aliphatic heterocycles. The molecule has 0 atom stereocenters. The third-order valence-electron chi connectivity index (χ3n) is 3.59. The molecule has 2 aromatic carbocycles. The zero-order valence-corrected chi connectivity index (χ0v) is 13.8. The summed E-state index contributed by atoms with van der Waals surface area (Å²) < 4.78 is 1.65. The number of hydrogen-bond donors (Lipinski definition) is 1. The first kappa shape index (κ1) is 16.0. The minimum absolute atomic E-state index is 0.102. The lowest BCUT2D eigenvalue weighted by Crippen LogP contribution is -2.24. The number of aromatic nitrogens is 2. The summed E-state index contributed by atoms with van der Waals surface area (Å²) in [6.45, 7) is 1.00. The average molecular weight is 348 g/mol. The van der Waals surface area contributed by atoms with Gasteiger partial charge >= 0.3 is 0 Å². The van der Waals surface area contributed by atoms with Gasteiger partial charge in [0, 0.05) is 22.2 Å². The average Bonchev–Trinajstić information content (AvgIpc) is 2.53. The predicted octanol–water partition coefficient (Wildman–Crippen LogP) is 3.72. The maximum Gasteiger partial charge on any atom is 0.261 e. The molecular formula is C17H15Cl2N3O. The van der Waals surface area contributed by atoms with E-state index in [-0.39, 0.29) is 5.56 Å². The molecule has 23 heavy (non-hydrogen) atoms. The summed E-state index contributed by atoms with van der Waals surface area (Å²) in [7, 11) is 0. The van der Waals surface area contributed by atoms with E-state index < -0.39 is 0 Å². The van der Waals surface area contributed by atoms with Crippen molar-refractivity contribution in [3.05, 3.63) is 62.9 Å². The molecule has 3 rings (SSSR count). The molecule has 6 heteroatoms. The van der Waals surface area contributed by atoms with Crippen molar-refractivity contribution in [2.45, 2.75) is 13.0 Å². The fourth-order valence-corrected chi connectivity index (χ4v) is 2.86. The van der Waals surface area contributed by atoms with Crippen molar-refractivity contribution in [2.24, 2.45) is 5.73 Å². The van der Waals surface area contributed by atoms with Crippen molar-refractivity contribution in [3.63, 3.8) is 0 Å². The summed E-state index contributed by atoms with van der Waals surface area (Å²) in [6, 6.07) is 12.4. The number of halogens is 2. The van der Waals surface area contributed by atoms with Crippen LogP contribution in [0.4, 0.5) is 0 Å². The molecule has 0 aliphatic carbocycles. The highest BCUT2D eigenvalue weighted by Gasteiger charge is 2.13. The van der Waals surface area contributed by atoms with Crippen LogP contribution in [0.5, 0.6) is 0 Å². The Labute approximate surface area is 143 Å². The molecule has 0 unspecified atom stereocenters. The van der Waals surface area contributed by atoms with E-state index in [1.807, 2.05) is 12.1 Å². The molecule has 0 saturated heterocycles. The zero-order valence-electron chi connectivity index (χ0n) is 12.3. The normalized spacial score (nSPS) is 11.1. The number of nitrogens with zero attached hydrogens (tertiary/aromatic N) is 2. The van der Waals surface area contributed by atoms with E-state index in [0.29, 0.717) is 46.3 Å². The van der Waals surface area contributed by atoms with Gasteiger partial charge in [-0.05, 0) is 43.3 Å². The van der Waals surface area contributed by atoms with Crippen molar-refractivity contribution >= 4 is 34.1 Å². The molecule has 0 aliphatic rings. The van der Waals surface area contributed by atoms with Gasteiger partial charge in [-0.2, -0.15) is 0 Å². The molecule has 2 N–H and O–H groups in total. The molecule has 3 aromatic rings. The van der Waals surface area contributed by atoms with Gasteiger partial charge in [-0.25, -0.2) is 4.98 Å². The molecule has 0 spiro atoms. The Morgan fingerprint density at radius 1 is 1.09 bits per heavy atom. The van der Waals surface area contributed by atoms with Crippen LogP contribution >= 0.6 is 23.2 Å². The maximum atomic E-state index is 12.8. The van der Waals surface area contributed by atoms with E-state index in [1.54, 1.807) is 34.9 Å². The Morgan fingerprint density at radius 2 is 1.87 bits per heavy atom. The van der Waals surface area contributed by atoms with Crippen molar-refractivity contribution in [1.82, 2.24) is 9.55 Å². The Hall–Kier alpha value is -1.88. The molecule has 0 saturated carbocycles. The van der Waals surface area contributed by atoms with Gasteiger partial charge in [0.2, 0.25) is 0 Å². The highest BCUT2D eigenvalue weighted by atomic mass is 35.5. The summed E-state index contributed by atoms with van der Waals surface area (Å²) in [5.74, 6) is 0.570. The maximum absolute atomic E-state index is 12.8. The number of rotatable bonds is 4. The van der Waals surface area contributed by atoms with Crippen LogP contribution < -0.4 is 11.3 Å². The standard InChI is InChI=1S/C17H15Cl2N3O/c18-12-4-1-3-11(9-12)16-21-15-10-13(19)5-6-14(15)17(23)22(16)8-2-7-20/h1,3-6,9-10H,2,7-8,20H2. The fourth-order valence-electron chi connectivity index (χ4n) is 2.50. The molecule has 118 valence electrons. The van der Waals surface area contributed by atoms with Crippen molar-refractivity contribution < 1.29 is 0 Å². The van der Waals surface area contributed by atoms with Gasteiger partial charge in [-0.15, -0.1) is 0 Å². The molecule has 4 nitrogen and oxygen atoms in total. The van der Waals surface area contributed by atoms with Crippen molar-refractivity contribution in [2.75, 3.05) is 6.54 Å². The van der Waals surface area contributed by atoms with Gasteiger partial charge in [-0.1, -0.05) is 35.3 Å². The Bertz CT molecular complexity index is 921. The van der Waals surface area contributed by atoms with Crippen molar-refractivity contribution in [1.29, 1.82) is 0 Å². The third-order valence-corrected chi connectivity index (χ3v) is 4.06. The van der Waals surface area contributed by atoms with Crippen LogP contribution in [0.2, 0.25) is 10.0 Å². The largest absolute Gasteiger partial charge is 0.330 e.